The summed E-state index contributed by atoms with van der Waals surface area (Å²) < 4.78 is 30.0. The molecule has 36 heavy (non-hydrogen) atoms. The zero-order valence-electron chi connectivity index (χ0n) is 19.4. The van der Waals surface area contributed by atoms with Gasteiger partial charge in [-0.25, -0.2) is 13.3 Å². The Morgan fingerprint density at radius 2 is 1.83 bits per heavy atom. The summed E-state index contributed by atoms with van der Waals surface area (Å²) in [6.45, 7) is 1.92. The summed E-state index contributed by atoms with van der Waals surface area (Å²) in [6.07, 6.45) is 4.58. The van der Waals surface area contributed by atoms with E-state index in [0.29, 0.717) is 48.4 Å². The number of benzene rings is 2. The number of nitrogens with one attached hydrogen (secondary N) is 1. The summed E-state index contributed by atoms with van der Waals surface area (Å²) in [6, 6.07) is 14.5. The summed E-state index contributed by atoms with van der Waals surface area (Å²) in [4.78, 5) is 17.2. The van der Waals surface area contributed by atoms with Gasteiger partial charge in [0.1, 0.15) is 11.6 Å². The molecular weight excluding hydrogens is 464 g/mol. The number of carbonyl (C=O) groups is 1. The average Bonchev–Trinajstić information content (AvgIpc) is 3.51. The number of aromatic nitrogens is 2. The lowest BCUT2D eigenvalue weighted by atomic mass is 10.0. The molecule has 0 radical (unpaired) electrons. The summed E-state index contributed by atoms with van der Waals surface area (Å²) in [5.41, 5.74) is 3.86. The van der Waals surface area contributed by atoms with Crippen molar-refractivity contribution in [3.8, 4) is 0 Å². The zero-order chi connectivity index (χ0) is 24.8. The van der Waals surface area contributed by atoms with E-state index in [1.165, 1.54) is 18.3 Å². The molecule has 1 atom stereocenters. The van der Waals surface area contributed by atoms with Crippen molar-refractivity contribution >= 4 is 28.5 Å². The number of carbonyl (C=O) groups excluding carboxylic acids is 1. The lowest BCUT2D eigenvalue weighted by Crippen LogP contribution is -2.50. The van der Waals surface area contributed by atoms with E-state index < -0.39 is 11.6 Å². The van der Waals surface area contributed by atoms with Gasteiger partial charge in [0.05, 0.1) is 29.4 Å². The van der Waals surface area contributed by atoms with Crippen LogP contribution in [-0.2, 0) is 0 Å². The van der Waals surface area contributed by atoms with Gasteiger partial charge in [0, 0.05) is 48.5 Å². The molecule has 2 saturated heterocycles. The largest absolute Gasteiger partial charge is 0.389 e. The molecule has 2 fully saturated rings. The monoisotopic (exact) mass is 489 g/mol. The highest BCUT2D eigenvalue weighted by Gasteiger charge is 2.29. The first-order chi connectivity index (χ1) is 17.5. The Balaban J connectivity index is 1.24. The van der Waals surface area contributed by atoms with E-state index in [1.807, 2.05) is 36.4 Å². The lowest BCUT2D eigenvalue weighted by Gasteiger charge is -2.37. The molecule has 6 rings (SSSR count). The molecule has 2 N–H and O–H groups in total. The van der Waals surface area contributed by atoms with Crippen molar-refractivity contribution in [3.63, 3.8) is 0 Å². The average molecular weight is 490 g/mol. The Kier molecular flexibility index (Phi) is 5.56. The van der Waals surface area contributed by atoms with Gasteiger partial charge < -0.3 is 20.2 Å². The Bertz CT molecular complexity index is 1430. The maximum atomic E-state index is 14.5. The first-order valence-corrected chi connectivity index (χ1v) is 12.0. The third kappa shape index (κ3) is 4.05. The number of aliphatic hydroxyl groups excluding tert-OH is 1. The Labute approximate surface area is 206 Å². The second-order valence-electron chi connectivity index (χ2n) is 9.35. The van der Waals surface area contributed by atoms with E-state index in [9.17, 15) is 18.7 Å². The van der Waals surface area contributed by atoms with Crippen molar-refractivity contribution in [1.82, 2.24) is 9.61 Å². The van der Waals surface area contributed by atoms with E-state index in [1.54, 1.807) is 10.7 Å². The highest BCUT2D eigenvalue weighted by molar-refractivity contribution is 6.09. The van der Waals surface area contributed by atoms with Crippen LogP contribution in [0.25, 0.3) is 5.52 Å². The molecule has 2 aliphatic heterocycles. The van der Waals surface area contributed by atoms with Crippen LogP contribution >= 0.6 is 0 Å². The van der Waals surface area contributed by atoms with E-state index in [-0.39, 0.29) is 18.1 Å². The van der Waals surface area contributed by atoms with Gasteiger partial charge in [-0.1, -0.05) is 0 Å². The van der Waals surface area contributed by atoms with Crippen LogP contribution in [0.1, 0.15) is 34.8 Å². The molecule has 2 aromatic carbocycles. The number of aliphatic hydroxyl groups is 1. The number of anilines is 3. The van der Waals surface area contributed by atoms with Gasteiger partial charge >= 0.3 is 0 Å². The van der Waals surface area contributed by atoms with Crippen LogP contribution in [0.4, 0.5) is 25.8 Å². The number of nitrogens with zero attached hydrogens (tertiary/aromatic N) is 4. The van der Waals surface area contributed by atoms with Gasteiger partial charge in [0.15, 0.2) is 0 Å². The first kappa shape index (κ1) is 22.5. The molecule has 0 spiro atoms. The van der Waals surface area contributed by atoms with Crippen LogP contribution in [0, 0.1) is 11.6 Å². The third-order valence-electron chi connectivity index (χ3n) is 7.00. The third-order valence-corrected chi connectivity index (χ3v) is 7.00. The number of rotatable bonds is 5. The van der Waals surface area contributed by atoms with Gasteiger partial charge in [-0.05, 0) is 67.4 Å². The smallest absolute Gasteiger partial charge is 0.259 e. The van der Waals surface area contributed by atoms with Crippen LogP contribution < -0.4 is 15.1 Å². The number of hydrogen-bond donors (Lipinski definition) is 2. The van der Waals surface area contributed by atoms with Crippen LogP contribution in [0.2, 0.25) is 0 Å². The molecule has 2 aromatic heterocycles. The zero-order valence-corrected chi connectivity index (χ0v) is 19.4. The van der Waals surface area contributed by atoms with Gasteiger partial charge in [-0.3, -0.25) is 4.79 Å². The topological polar surface area (TPSA) is 73.1 Å². The molecule has 1 amide bonds. The molecule has 184 valence electrons. The van der Waals surface area contributed by atoms with E-state index in [0.717, 1.165) is 23.9 Å². The van der Waals surface area contributed by atoms with E-state index in [2.05, 4.69) is 20.2 Å². The second kappa shape index (κ2) is 8.91. The van der Waals surface area contributed by atoms with Crippen molar-refractivity contribution in [2.75, 3.05) is 34.8 Å². The minimum absolute atomic E-state index is 0.283. The quantitative estimate of drug-likeness (QED) is 0.435. The van der Waals surface area contributed by atoms with E-state index >= 15 is 0 Å². The number of amides is 1. The van der Waals surface area contributed by atoms with Crippen LogP contribution in [0.5, 0.6) is 0 Å². The fourth-order valence-corrected chi connectivity index (χ4v) is 5.11. The number of β-amino-alcohol motifs (C(OH)–C–C–N with tert-alkyl or cyclic N) is 1. The molecule has 0 aliphatic carbocycles. The molecule has 2 aliphatic rings. The van der Waals surface area contributed by atoms with Gasteiger partial charge in [0.25, 0.3) is 5.91 Å². The van der Waals surface area contributed by atoms with Crippen molar-refractivity contribution in [1.29, 1.82) is 0 Å². The number of halogens is 2. The van der Waals surface area contributed by atoms with Gasteiger partial charge in [0.2, 0.25) is 0 Å². The van der Waals surface area contributed by atoms with Crippen LogP contribution in [-0.4, -0.2) is 46.4 Å². The first-order valence-electron chi connectivity index (χ1n) is 12.0. The Hall–Kier alpha value is -3.98. The minimum atomic E-state index is -0.459. The minimum Gasteiger partial charge on any atom is -0.389 e. The number of pyridine rings is 1. The molecule has 9 heteroatoms. The molecule has 4 aromatic rings. The van der Waals surface area contributed by atoms with Gasteiger partial charge in [-0.2, -0.15) is 5.10 Å². The molecule has 0 bridgehead atoms. The van der Waals surface area contributed by atoms with Crippen molar-refractivity contribution < 1.29 is 18.7 Å². The summed E-state index contributed by atoms with van der Waals surface area (Å²) in [5, 5.41) is 16.7. The fourth-order valence-electron chi connectivity index (χ4n) is 5.11. The predicted molar refractivity (Wildman–Crippen MR) is 133 cm³/mol. The number of hydrogen-bond acceptors (Lipinski definition) is 5. The maximum Gasteiger partial charge on any atom is 0.259 e. The van der Waals surface area contributed by atoms with Crippen molar-refractivity contribution in [2.45, 2.75) is 25.0 Å². The molecule has 0 unspecified atom stereocenters. The van der Waals surface area contributed by atoms with Crippen LogP contribution in [0.15, 0.2) is 67.0 Å². The lowest BCUT2D eigenvalue weighted by molar-refractivity contribution is 0.102. The Morgan fingerprint density at radius 1 is 1.03 bits per heavy atom. The molecular formula is C27H25F2N5O2. The predicted octanol–water partition coefficient (Wildman–Crippen LogP) is 4.39. The molecule has 7 nitrogen and oxygen atoms in total. The summed E-state index contributed by atoms with van der Waals surface area (Å²) in [7, 11) is 0. The number of fused-ring (bicyclic) bond motifs is 1. The highest BCUT2D eigenvalue weighted by atomic mass is 19.1. The Morgan fingerprint density at radius 3 is 2.61 bits per heavy atom. The summed E-state index contributed by atoms with van der Waals surface area (Å²) in [5.74, 6) is -1.17. The van der Waals surface area contributed by atoms with Crippen molar-refractivity contribution in [2.24, 2.45) is 0 Å². The highest BCUT2D eigenvalue weighted by Crippen LogP contribution is 2.38. The summed E-state index contributed by atoms with van der Waals surface area (Å²) >= 11 is 0. The van der Waals surface area contributed by atoms with Crippen LogP contribution in [0.3, 0.4) is 0 Å². The standard InChI is InChI=1S/C27H25F2N5O2/c28-17-3-8-24(29)22(12-17)25-2-1-10-33(25)20-9-11-34-26(13-20)23(14-30-34)27(36)31-18-4-6-19(7-5-18)32-15-21(35)16-32/h3-9,11-14,21,25,35H,1-2,10,15-16H2,(H,31,36)/t25-/m1/s1. The molecule has 4 heterocycles. The van der Waals surface area contributed by atoms with E-state index in [4.69, 9.17) is 0 Å². The van der Waals surface area contributed by atoms with Crippen molar-refractivity contribution in [3.05, 3.63) is 89.8 Å². The SMILES string of the molecule is O=C(Nc1ccc(N2CC(O)C2)cc1)c1cnn2ccc(N3CCC[C@@H]3c3cc(F)ccc3F)cc12. The van der Waals surface area contributed by atoms with Gasteiger partial charge in [-0.15, -0.1) is 0 Å². The normalized spacial score (nSPS) is 18.0. The second-order valence-corrected chi connectivity index (χ2v) is 9.35. The maximum absolute atomic E-state index is 14.5. The molecule has 0 saturated carbocycles. The fraction of sp³-hybridized carbons (Fsp3) is 0.259.